The van der Waals surface area contributed by atoms with E-state index in [-0.39, 0.29) is 11.6 Å². The van der Waals surface area contributed by atoms with Crippen LogP contribution in [0, 0.1) is 0 Å². The summed E-state index contributed by atoms with van der Waals surface area (Å²) < 4.78 is 5.78. The first-order valence-corrected chi connectivity index (χ1v) is 7.83. The molecule has 3 aromatic carbocycles. The Balaban J connectivity index is 1.86. The Bertz CT molecular complexity index is 916. The van der Waals surface area contributed by atoms with Crippen LogP contribution in [0.5, 0.6) is 11.5 Å². The molecule has 0 atom stereocenters. The Morgan fingerprint density at radius 3 is 2.08 bits per heavy atom. The Morgan fingerprint density at radius 1 is 0.800 bits per heavy atom. The molecule has 0 unspecified atom stereocenters. The number of hydrogen-bond donors (Lipinski definition) is 1. The second kappa shape index (κ2) is 7.01. The summed E-state index contributed by atoms with van der Waals surface area (Å²) in [6, 6.07) is 20.8. The van der Waals surface area contributed by atoms with Crippen LogP contribution in [0.2, 0.25) is 0 Å². The molecule has 0 aliphatic carbocycles. The zero-order valence-corrected chi connectivity index (χ0v) is 13.7. The van der Waals surface area contributed by atoms with Crippen LogP contribution in [0.15, 0.2) is 72.8 Å². The van der Waals surface area contributed by atoms with Gasteiger partial charge in [0.05, 0.1) is 0 Å². The number of ether oxygens (including phenoxy) is 1. The number of Topliss-reactive ketones (excluding diaryl/α,β-unsaturated/α-hetero) is 1. The maximum absolute atomic E-state index is 12.6. The van der Waals surface area contributed by atoms with Crippen LogP contribution in [0.4, 0.5) is 5.69 Å². The summed E-state index contributed by atoms with van der Waals surface area (Å²) in [5, 5.41) is 0. The van der Waals surface area contributed by atoms with Crippen molar-refractivity contribution in [3.8, 4) is 11.5 Å². The van der Waals surface area contributed by atoms with Crippen molar-refractivity contribution >= 4 is 17.3 Å². The Labute approximate surface area is 145 Å². The quantitative estimate of drug-likeness (QED) is 0.552. The largest absolute Gasteiger partial charge is 0.457 e. The van der Waals surface area contributed by atoms with Crippen molar-refractivity contribution < 1.29 is 14.3 Å². The molecule has 0 radical (unpaired) electrons. The number of nitrogens with two attached hydrogens (primary N) is 1. The van der Waals surface area contributed by atoms with Crippen LogP contribution < -0.4 is 10.5 Å². The van der Waals surface area contributed by atoms with Gasteiger partial charge in [-0.2, -0.15) is 0 Å². The molecule has 25 heavy (non-hydrogen) atoms. The van der Waals surface area contributed by atoms with Crippen molar-refractivity contribution in [2.24, 2.45) is 0 Å². The lowest BCUT2D eigenvalue weighted by atomic mass is 10.0. The van der Waals surface area contributed by atoms with Crippen LogP contribution in [-0.4, -0.2) is 11.6 Å². The summed E-state index contributed by atoms with van der Waals surface area (Å²) >= 11 is 0. The number of nitrogen functional groups attached to an aromatic ring is 1. The predicted molar refractivity (Wildman–Crippen MR) is 97.2 cm³/mol. The van der Waals surface area contributed by atoms with Crippen molar-refractivity contribution in [3.05, 3.63) is 89.5 Å². The van der Waals surface area contributed by atoms with Crippen molar-refractivity contribution in [2.75, 3.05) is 5.73 Å². The van der Waals surface area contributed by atoms with Gasteiger partial charge in [-0.05, 0) is 49.4 Å². The van der Waals surface area contributed by atoms with Gasteiger partial charge in [0.1, 0.15) is 11.5 Å². The average molecular weight is 331 g/mol. The highest BCUT2D eigenvalue weighted by atomic mass is 16.5. The molecule has 124 valence electrons. The maximum Gasteiger partial charge on any atom is 0.195 e. The fraction of sp³-hybridized carbons (Fsp3) is 0.0476. The summed E-state index contributed by atoms with van der Waals surface area (Å²) in [6.07, 6.45) is 0. The van der Waals surface area contributed by atoms with Gasteiger partial charge < -0.3 is 10.5 Å². The molecule has 3 rings (SSSR count). The number of benzene rings is 3. The predicted octanol–water partition coefficient (Wildman–Crippen LogP) is 4.49. The van der Waals surface area contributed by atoms with Crippen molar-refractivity contribution in [1.82, 2.24) is 0 Å². The maximum atomic E-state index is 12.6. The molecule has 0 aliphatic rings. The number of ketones is 2. The van der Waals surface area contributed by atoms with Crippen LogP contribution >= 0.6 is 0 Å². The van der Waals surface area contributed by atoms with Gasteiger partial charge in [0.25, 0.3) is 0 Å². The number of anilines is 1. The summed E-state index contributed by atoms with van der Waals surface area (Å²) in [7, 11) is 0. The SMILES string of the molecule is CC(=O)c1ccc(Oc2ccc(N)c(C(=O)c3ccccc3)c2)cc1. The fourth-order valence-electron chi connectivity index (χ4n) is 2.43. The summed E-state index contributed by atoms with van der Waals surface area (Å²) in [5.74, 6) is 0.919. The Hall–Kier alpha value is -3.40. The topological polar surface area (TPSA) is 69.4 Å². The first-order chi connectivity index (χ1) is 12.0. The van der Waals surface area contributed by atoms with Gasteiger partial charge in [-0.15, -0.1) is 0 Å². The standard InChI is InChI=1S/C21H17NO3/c1-14(23)15-7-9-17(10-8-15)25-18-11-12-20(22)19(13-18)21(24)16-5-3-2-4-6-16/h2-13H,22H2,1H3. The lowest BCUT2D eigenvalue weighted by Gasteiger charge is -2.10. The van der Waals surface area contributed by atoms with Gasteiger partial charge in [-0.25, -0.2) is 0 Å². The van der Waals surface area contributed by atoms with E-state index < -0.39 is 0 Å². The highest BCUT2D eigenvalue weighted by Gasteiger charge is 2.13. The lowest BCUT2D eigenvalue weighted by Crippen LogP contribution is -2.05. The number of carbonyl (C=O) groups excluding carboxylic acids is 2. The van der Waals surface area contributed by atoms with Crippen LogP contribution in [0.25, 0.3) is 0 Å². The normalized spacial score (nSPS) is 10.3. The second-order valence-corrected chi connectivity index (χ2v) is 5.63. The average Bonchev–Trinajstić information content (AvgIpc) is 2.64. The first-order valence-electron chi connectivity index (χ1n) is 7.83. The molecule has 0 bridgehead atoms. The Morgan fingerprint density at radius 2 is 1.44 bits per heavy atom. The minimum atomic E-state index is -0.157. The van der Waals surface area contributed by atoms with Gasteiger partial charge in [-0.1, -0.05) is 30.3 Å². The molecule has 2 N–H and O–H groups in total. The minimum Gasteiger partial charge on any atom is -0.457 e. The number of rotatable bonds is 5. The second-order valence-electron chi connectivity index (χ2n) is 5.63. The van der Waals surface area contributed by atoms with Crippen LogP contribution in [0.1, 0.15) is 33.2 Å². The monoisotopic (exact) mass is 331 g/mol. The molecule has 0 aliphatic heterocycles. The third-order valence-electron chi connectivity index (χ3n) is 3.80. The Kier molecular flexibility index (Phi) is 4.61. The van der Waals surface area contributed by atoms with Gasteiger partial charge in [0, 0.05) is 22.4 Å². The zero-order valence-electron chi connectivity index (χ0n) is 13.7. The van der Waals surface area contributed by atoms with E-state index in [0.717, 1.165) is 0 Å². The molecule has 0 saturated carbocycles. The van der Waals surface area contributed by atoms with Gasteiger partial charge in [-0.3, -0.25) is 9.59 Å². The van der Waals surface area contributed by atoms with E-state index >= 15 is 0 Å². The molecule has 0 aromatic heterocycles. The van der Waals surface area contributed by atoms with Crippen LogP contribution in [0.3, 0.4) is 0 Å². The molecule has 0 spiro atoms. The van der Waals surface area contributed by atoms with E-state index in [1.165, 1.54) is 6.92 Å². The minimum absolute atomic E-state index is 0.00483. The van der Waals surface area contributed by atoms with E-state index in [1.54, 1.807) is 66.7 Å². The molecule has 3 aromatic rings. The summed E-state index contributed by atoms with van der Waals surface area (Å²) in [6.45, 7) is 1.51. The molecule has 0 saturated heterocycles. The van der Waals surface area contributed by atoms with Crippen molar-refractivity contribution in [3.63, 3.8) is 0 Å². The molecule has 0 heterocycles. The van der Waals surface area contributed by atoms with E-state index in [2.05, 4.69) is 0 Å². The molecule has 0 amide bonds. The fourth-order valence-corrected chi connectivity index (χ4v) is 2.43. The molecular formula is C21H17NO3. The molecule has 4 heteroatoms. The number of carbonyl (C=O) groups is 2. The zero-order chi connectivity index (χ0) is 17.8. The first kappa shape index (κ1) is 16.5. The van der Waals surface area contributed by atoms with Crippen molar-refractivity contribution in [1.29, 1.82) is 0 Å². The van der Waals surface area contributed by atoms with Crippen molar-refractivity contribution in [2.45, 2.75) is 6.92 Å². The van der Waals surface area contributed by atoms with E-state index in [0.29, 0.717) is 33.9 Å². The van der Waals surface area contributed by atoms with Crippen LogP contribution in [-0.2, 0) is 0 Å². The third kappa shape index (κ3) is 3.75. The van der Waals surface area contributed by atoms with E-state index in [4.69, 9.17) is 10.5 Å². The van der Waals surface area contributed by atoms with Gasteiger partial charge >= 0.3 is 0 Å². The van der Waals surface area contributed by atoms with Gasteiger partial charge in [0.15, 0.2) is 11.6 Å². The molecule has 4 nitrogen and oxygen atoms in total. The summed E-state index contributed by atoms with van der Waals surface area (Å²) in [5.41, 5.74) is 7.93. The highest BCUT2D eigenvalue weighted by molar-refractivity contribution is 6.12. The van der Waals surface area contributed by atoms with E-state index in [9.17, 15) is 9.59 Å². The van der Waals surface area contributed by atoms with E-state index in [1.807, 2.05) is 6.07 Å². The smallest absolute Gasteiger partial charge is 0.195 e. The van der Waals surface area contributed by atoms with Gasteiger partial charge in [0.2, 0.25) is 0 Å². The number of hydrogen-bond acceptors (Lipinski definition) is 4. The highest BCUT2D eigenvalue weighted by Crippen LogP contribution is 2.27. The molecular weight excluding hydrogens is 314 g/mol. The summed E-state index contributed by atoms with van der Waals surface area (Å²) in [4.78, 5) is 23.9. The lowest BCUT2D eigenvalue weighted by molar-refractivity contribution is 0.101. The third-order valence-corrected chi connectivity index (χ3v) is 3.80. The molecule has 0 fully saturated rings.